The molecule has 1 heterocycles. The molecule has 3 aromatic rings. The van der Waals surface area contributed by atoms with Crippen LogP contribution in [0.3, 0.4) is 0 Å². The van der Waals surface area contributed by atoms with Gasteiger partial charge in [-0.15, -0.1) is 0 Å². The summed E-state index contributed by atoms with van der Waals surface area (Å²) >= 11 is 0. The first-order chi connectivity index (χ1) is 12.2. The number of hydrogen-bond donors (Lipinski definition) is 0. The average molecular weight is 335 g/mol. The summed E-state index contributed by atoms with van der Waals surface area (Å²) in [6.07, 6.45) is 5.24. The van der Waals surface area contributed by atoms with Crippen LogP contribution in [-0.4, -0.2) is 26.6 Å². The Labute approximate surface area is 145 Å². The normalized spacial score (nSPS) is 13.6. The molecule has 1 aliphatic carbocycles. The van der Waals surface area contributed by atoms with Gasteiger partial charge in [-0.05, 0) is 31.0 Å². The van der Waals surface area contributed by atoms with Crippen LogP contribution in [0.1, 0.15) is 28.8 Å². The Morgan fingerprint density at radius 3 is 2.56 bits per heavy atom. The molecule has 1 aromatic heterocycles. The highest BCUT2D eigenvalue weighted by atomic mass is 19.1. The van der Waals surface area contributed by atoms with Crippen molar-refractivity contribution in [2.75, 3.05) is 0 Å². The van der Waals surface area contributed by atoms with E-state index >= 15 is 0 Å². The molecule has 1 saturated carbocycles. The molecular formula is C20H18FN3O. The number of nitrogens with zero attached hydrogens (tertiary/aromatic N) is 3. The summed E-state index contributed by atoms with van der Waals surface area (Å²) in [5.74, 6) is -0.381. The molecule has 1 aliphatic rings. The number of amides is 1. The summed E-state index contributed by atoms with van der Waals surface area (Å²) in [4.78, 5) is 14.7. The zero-order valence-corrected chi connectivity index (χ0v) is 13.7. The Kier molecular flexibility index (Phi) is 4.06. The summed E-state index contributed by atoms with van der Waals surface area (Å²) in [5.41, 5.74) is 1.96. The minimum Gasteiger partial charge on any atom is -0.331 e. The van der Waals surface area contributed by atoms with Gasteiger partial charge in [-0.3, -0.25) is 4.79 Å². The van der Waals surface area contributed by atoms with Crippen molar-refractivity contribution in [3.63, 3.8) is 0 Å². The number of carbonyl (C=O) groups excluding carboxylic acids is 1. The summed E-state index contributed by atoms with van der Waals surface area (Å²) in [6.45, 7) is 0.284. The van der Waals surface area contributed by atoms with Crippen LogP contribution < -0.4 is 0 Å². The molecule has 0 bridgehead atoms. The number of hydrogen-bond acceptors (Lipinski definition) is 2. The van der Waals surface area contributed by atoms with Gasteiger partial charge in [-0.25, -0.2) is 9.07 Å². The Balaban J connectivity index is 1.58. The highest BCUT2D eigenvalue weighted by molar-refractivity contribution is 5.94. The number of benzene rings is 2. The van der Waals surface area contributed by atoms with Crippen molar-refractivity contribution in [3.05, 3.63) is 83.9 Å². The maximum Gasteiger partial charge on any atom is 0.257 e. The molecule has 25 heavy (non-hydrogen) atoms. The summed E-state index contributed by atoms with van der Waals surface area (Å²) in [5, 5.41) is 4.29. The molecule has 0 aliphatic heterocycles. The topological polar surface area (TPSA) is 38.1 Å². The molecule has 0 saturated heterocycles. The Morgan fingerprint density at radius 1 is 1.12 bits per heavy atom. The molecule has 126 valence electrons. The van der Waals surface area contributed by atoms with Crippen molar-refractivity contribution >= 4 is 5.91 Å². The van der Waals surface area contributed by atoms with Gasteiger partial charge < -0.3 is 4.90 Å². The molecular weight excluding hydrogens is 317 g/mol. The lowest BCUT2D eigenvalue weighted by molar-refractivity contribution is 0.0728. The second-order valence-electron chi connectivity index (χ2n) is 6.26. The quantitative estimate of drug-likeness (QED) is 0.711. The van der Waals surface area contributed by atoms with Gasteiger partial charge in [0.25, 0.3) is 5.91 Å². The van der Waals surface area contributed by atoms with Crippen molar-refractivity contribution in [2.24, 2.45) is 0 Å². The maximum atomic E-state index is 14.0. The van der Waals surface area contributed by atoms with Crippen molar-refractivity contribution < 1.29 is 9.18 Å². The van der Waals surface area contributed by atoms with E-state index in [-0.39, 0.29) is 24.3 Å². The summed E-state index contributed by atoms with van der Waals surface area (Å²) < 4.78 is 15.7. The maximum absolute atomic E-state index is 14.0. The lowest BCUT2D eigenvalue weighted by Gasteiger charge is -2.22. The van der Waals surface area contributed by atoms with E-state index in [1.807, 2.05) is 30.3 Å². The molecule has 0 unspecified atom stereocenters. The van der Waals surface area contributed by atoms with E-state index in [1.165, 1.54) is 6.07 Å². The molecule has 2 aromatic carbocycles. The molecule has 0 radical (unpaired) electrons. The average Bonchev–Trinajstić information content (AvgIpc) is 3.36. The van der Waals surface area contributed by atoms with Gasteiger partial charge in [0.05, 0.1) is 17.4 Å². The van der Waals surface area contributed by atoms with Crippen LogP contribution in [0.25, 0.3) is 5.69 Å². The number of carbonyl (C=O) groups is 1. The standard InChI is InChI=1S/C20H18FN3O/c21-19-9-5-4-6-15(19)13-23(17-10-11-17)20(25)16-12-22-24(14-16)18-7-2-1-3-8-18/h1-9,12,14,17H,10-11,13H2. The molecule has 4 rings (SSSR count). The van der Waals surface area contributed by atoms with Gasteiger partial charge in [0.1, 0.15) is 5.82 Å². The molecule has 1 amide bonds. The predicted molar refractivity (Wildman–Crippen MR) is 92.9 cm³/mol. The molecule has 1 fully saturated rings. The second-order valence-corrected chi connectivity index (χ2v) is 6.26. The monoisotopic (exact) mass is 335 g/mol. The molecule has 0 N–H and O–H groups in total. The SMILES string of the molecule is O=C(c1cnn(-c2ccccc2)c1)N(Cc1ccccc1F)C1CC1. The fourth-order valence-electron chi connectivity index (χ4n) is 2.88. The number of halogens is 1. The smallest absolute Gasteiger partial charge is 0.257 e. The van der Waals surface area contributed by atoms with Crippen LogP contribution in [0, 0.1) is 5.82 Å². The van der Waals surface area contributed by atoms with Gasteiger partial charge in [0.2, 0.25) is 0 Å². The fourth-order valence-corrected chi connectivity index (χ4v) is 2.88. The van der Waals surface area contributed by atoms with Crippen molar-refractivity contribution in [3.8, 4) is 5.69 Å². The highest BCUT2D eigenvalue weighted by Gasteiger charge is 2.34. The highest BCUT2D eigenvalue weighted by Crippen LogP contribution is 2.30. The van der Waals surface area contributed by atoms with Crippen LogP contribution >= 0.6 is 0 Å². The third-order valence-electron chi connectivity index (χ3n) is 4.40. The first-order valence-electron chi connectivity index (χ1n) is 8.37. The largest absolute Gasteiger partial charge is 0.331 e. The first-order valence-corrected chi connectivity index (χ1v) is 8.37. The van der Waals surface area contributed by atoms with E-state index in [9.17, 15) is 9.18 Å². The van der Waals surface area contributed by atoms with Gasteiger partial charge in [-0.1, -0.05) is 36.4 Å². The summed E-state index contributed by atoms with van der Waals surface area (Å²) in [7, 11) is 0. The molecule has 0 spiro atoms. The van der Waals surface area contributed by atoms with Crippen molar-refractivity contribution in [1.29, 1.82) is 0 Å². The molecule has 4 nitrogen and oxygen atoms in total. The first kappa shape index (κ1) is 15.6. The van der Waals surface area contributed by atoms with Crippen molar-refractivity contribution in [1.82, 2.24) is 14.7 Å². The van der Waals surface area contributed by atoms with E-state index < -0.39 is 0 Å². The number of aromatic nitrogens is 2. The van der Waals surface area contributed by atoms with Crippen LogP contribution in [-0.2, 0) is 6.54 Å². The number of rotatable bonds is 5. The van der Waals surface area contributed by atoms with Crippen LogP contribution in [0.5, 0.6) is 0 Å². The zero-order valence-electron chi connectivity index (χ0n) is 13.7. The third-order valence-corrected chi connectivity index (χ3v) is 4.40. The second kappa shape index (κ2) is 6.51. The van der Waals surface area contributed by atoms with Crippen LogP contribution in [0.15, 0.2) is 67.0 Å². The Hall–Kier alpha value is -2.95. The van der Waals surface area contributed by atoms with E-state index in [2.05, 4.69) is 5.10 Å². The summed E-state index contributed by atoms with van der Waals surface area (Å²) in [6, 6.07) is 16.4. The Morgan fingerprint density at radius 2 is 1.84 bits per heavy atom. The van der Waals surface area contributed by atoms with Gasteiger partial charge >= 0.3 is 0 Å². The zero-order chi connectivity index (χ0) is 17.2. The molecule has 5 heteroatoms. The fraction of sp³-hybridized carbons (Fsp3) is 0.200. The van der Waals surface area contributed by atoms with Gasteiger partial charge in [0.15, 0.2) is 0 Å². The lowest BCUT2D eigenvalue weighted by Crippen LogP contribution is -2.32. The predicted octanol–water partition coefficient (Wildman–Crippen LogP) is 3.82. The van der Waals surface area contributed by atoms with Gasteiger partial charge in [-0.2, -0.15) is 5.10 Å². The van der Waals surface area contributed by atoms with Crippen molar-refractivity contribution in [2.45, 2.75) is 25.4 Å². The van der Waals surface area contributed by atoms with E-state index in [1.54, 1.807) is 40.2 Å². The van der Waals surface area contributed by atoms with E-state index in [0.29, 0.717) is 11.1 Å². The molecule has 0 atom stereocenters. The third kappa shape index (κ3) is 3.31. The minimum atomic E-state index is -0.277. The van der Waals surface area contributed by atoms with E-state index in [0.717, 1.165) is 18.5 Å². The lowest BCUT2D eigenvalue weighted by atomic mass is 10.2. The van der Waals surface area contributed by atoms with E-state index in [4.69, 9.17) is 0 Å². The van der Waals surface area contributed by atoms with Crippen LogP contribution in [0.4, 0.5) is 4.39 Å². The number of para-hydroxylation sites is 1. The van der Waals surface area contributed by atoms with Gasteiger partial charge in [0, 0.05) is 24.3 Å². The van der Waals surface area contributed by atoms with Crippen LogP contribution in [0.2, 0.25) is 0 Å². The Bertz CT molecular complexity index is 887. The minimum absolute atomic E-state index is 0.104.